The second kappa shape index (κ2) is 5.02. The number of hydrogen-bond acceptors (Lipinski definition) is 4. The summed E-state index contributed by atoms with van der Waals surface area (Å²) in [6, 6.07) is 0. The van der Waals surface area contributed by atoms with Crippen LogP contribution < -0.4 is 4.72 Å². The third kappa shape index (κ3) is 2.48. The molecule has 0 aromatic carbocycles. The van der Waals surface area contributed by atoms with Crippen molar-refractivity contribution in [3.8, 4) is 0 Å². The van der Waals surface area contributed by atoms with Gasteiger partial charge in [-0.05, 0) is 20.8 Å². The summed E-state index contributed by atoms with van der Waals surface area (Å²) in [5.41, 5.74) is 2.92. The highest BCUT2D eigenvalue weighted by molar-refractivity contribution is 7.89. The minimum atomic E-state index is -3.58. The zero-order valence-electron chi connectivity index (χ0n) is 12.3. The Bertz CT molecular complexity index is 742. The third-order valence-electron chi connectivity index (χ3n) is 3.50. The molecule has 0 amide bonds. The minimum absolute atomic E-state index is 0.218. The predicted molar refractivity (Wildman–Crippen MR) is 74.7 cm³/mol. The molecule has 0 bridgehead atoms. The van der Waals surface area contributed by atoms with Gasteiger partial charge in [0.2, 0.25) is 10.0 Å². The number of rotatable bonds is 4. The fourth-order valence-electron chi connectivity index (χ4n) is 2.11. The monoisotopic (exact) mass is 297 g/mol. The van der Waals surface area contributed by atoms with Crippen molar-refractivity contribution in [2.24, 2.45) is 14.1 Å². The Hall–Kier alpha value is -1.67. The molecule has 0 saturated heterocycles. The molecule has 7 nitrogen and oxygen atoms in total. The van der Waals surface area contributed by atoms with Gasteiger partial charge in [-0.2, -0.15) is 10.2 Å². The van der Waals surface area contributed by atoms with Crippen LogP contribution in [0.4, 0.5) is 0 Å². The Labute approximate surface area is 118 Å². The molecule has 2 heterocycles. The lowest BCUT2D eigenvalue weighted by Crippen LogP contribution is -2.24. The van der Waals surface area contributed by atoms with Gasteiger partial charge in [0.25, 0.3) is 0 Å². The van der Waals surface area contributed by atoms with Crippen LogP contribution in [0.2, 0.25) is 0 Å². The standard InChI is InChI=1S/C12H19N5O2S/c1-8-12(10(3)17(5)15-8)20(18,19)14-7-11-6-13-16(4)9(11)2/h6,14H,7H2,1-5H3. The van der Waals surface area contributed by atoms with Gasteiger partial charge in [-0.1, -0.05) is 0 Å². The molecule has 0 fully saturated rings. The lowest BCUT2D eigenvalue weighted by Gasteiger charge is -2.07. The molecule has 0 atom stereocenters. The maximum absolute atomic E-state index is 12.4. The van der Waals surface area contributed by atoms with Crippen LogP contribution in [0.1, 0.15) is 22.6 Å². The maximum atomic E-state index is 12.4. The number of nitrogens with one attached hydrogen (secondary N) is 1. The van der Waals surface area contributed by atoms with Crippen LogP contribution in [0, 0.1) is 20.8 Å². The van der Waals surface area contributed by atoms with Gasteiger partial charge in [-0.25, -0.2) is 13.1 Å². The van der Waals surface area contributed by atoms with Crippen LogP contribution in [-0.2, 0) is 30.7 Å². The second-order valence-corrected chi connectivity index (χ2v) is 6.53. The first-order valence-electron chi connectivity index (χ1n) is 6.21. The zero-order valence-corrected chi connectivity index (χ0v) is 13.1. The lowest BCUT2D eigenvalue weighted by molar-refractivity contribution is 0.579. The Balaban J connectivity index is 2.26. The smallest absolute Gasteiger partial charge is 0.244 e. The molecule has 0 saturated carbocycles. The van der Waals surface area contributed by atoms with Gasteiger partial charge in [0, 0.05) is 31.9 Å². The van der Waals surface area contributed by atoms with Crippen LogP contribution in [0.3, 0.4) is 0 Å². The molecule has 0 aliphatic carbocycles. The van der Waals surface area contributed by atoms with Gasteiger partial charge in [-0.15, -0.1) is 0 Å². The van der Waals surface area contributed by atoms with E-state index in [-0.39, 0.29) is 11.4 Å². The summed E-state index contributed by atoms with van der Waals surface area (Å²) in [7, 11) is -0.0259. The Morgan fingerprint density at radius 3 is 2.25 bits per heavy atom. The molecule has 0 spiro atoms. The summed E-state index contributed by atoms with van der Waals surface area (Å²) in [6.45, 7) is 5.55. The van der Waals surface area contributed by atoms with E-state index in [0.717, 1.165) is 11.3 Å². The van der Waals surface area contributed by atoms with Gasteiger partial charge in [0.15, 0.2) is 0 Å². The van der Waals surface area contributed by atoms with E-state index >= 15 is 0 Å². The van der Waals surface area contributed by atoms with Gasteiger partial charge >= 0.3 is 0 Å². The molecule has 0 unspecified atom stereocenters. The fraction of sp³-hybridized carbons (Fsp3) is 0.500. The Kier molecular flexibility index (Phi) is 3.70. The topological polar surface area (TPSA) is 81.8 Å². The van der Waals surface area contributed by atoms with Crippen molar-refractivity contribution in [2.75, 3.05) is 0 Å². The summed E-state index contributed by atoms with van der Waals surface area (Å²) in [6.07, 6.45) is 1.67. The van der Waals surface area contributed by atoms with Gasteiger partial charge in [-0.3, -0.25) is 9.36 Å². The lowest BCUT2D eigenvalue weighted by atomic mass is 10.3. The normalized spacial score (nSPS) is 12.1. The molecule has 0 aliphatic heterocycles. The van der Waals surface area contributed by atoms with Gasteiger partial charge < -0.3 is 0 Å². The quantitative estimate of drug-likeness (QED) is 0.894. The summed E-state index contributed by atoms with van der Waals surface area (Å²) >= 11 is 0. The van der Waals surface area contributed by atoms with Gasteiger partial charge in [0.05, 0.1) is 17.6 Å². The first kappa shape index (κ1) is 14.7. The molecule has 2 aromatic rings. The summed E-state index contributed by atoms with van der Waals surface area (Å²) in [4.78, 5) is 0.251. The number of aromatic nitrogens is 4. The fourth-order valence-corrected chi connectivity index (χ4v) is 3.55. The summed E-state index contributed by atoms with van der Waals surface area (Å²) in [5, 5.41) is 8.23. The van der Waals surface area contributed by atoms with Gasteiger partial charge in [0.1, 0.15) is 4.90 Å². The molecule has 110 valence electrons. The average molecular weight is 297 g/mol. The van der Waals surface area contributed by atoms with E-state index in [2.05, 4.69) is 14.9 Å². The third-order valence-corrected chi connectivity index (χ3v) is 5.15. The molecule has 2 rings (SSSR count). The van der Waals surface area contributed by atoms with Crippen LogP contribution in [-0.4, -0.2) is 28.0 Å². The van der Waals surface area contributed by atoms with E-state index in [1.165, 1.54) is 0 Å². The molecule has 8 heteroatoms. The minimum Gasteiger partial charge on any atom is -0.273 e. The van der Waals surface area contributed by atoms with Crippen LogP contribution in [0.25, 0.3) is 0 Å². The number of aryl methyl sites for hydroxylation is 3. The summed E-state index contributed by atoms with van der Waals surface area (Å²) < 4.78 is 30.7. The molecule has 1 N–H and O–H groups in total. The van der Waals surface area contributed by atoms with Crippen molar-refractivity contribution < 1.29 is 8.42 Å². The largest absolute Gasteiger partial charge is 0.273 e. The second-order valence-electron chi connectivity index (χ2n) is 4.83. The highest BCUT2D eigenvalue weighted by Crippen LogP contribution is 2.18. The van der Waals surface area contributed by atoms with Crippen molar-refractivity contribution in [3.05, 3.63) is 28.8 Å². The molecule has 0 radical (unpaired) electrons. The molecule has 20 heavy (non-hydrogen) atoms. The molecular formula is C12H19N5O2S. The number of hydrogen-bond donors (Lipinski definition) is 1. The van der Waals surface area contributed by atoms with Crippen LogP contribution in [0.5, 0.6) is 0 Å². The van der Waals surface area contributed by atoms with E-state index in [9.17, 15) is 8.42 Å². The van der Waals surface area contributed by atoms with Crippen molar-refractivity contribution in [1.29, 1.82) is 0 Å². The highest BCUT2D eigenvalue weighted by Gasteiger charge is 2.23. The van der Waals surface area contributed by atoms with E-state index < -0.39 is 10.0 Å². The maximum Gasteiger partial charge on any atom is 0.244 e. The molecule has 0 aliphatic rings. The van der Waals surface area contributed by atoms with Crippen LogP contribution >= 0.6 is 0 Å². The van der Waals surface area contributed by atoms with E-state index in [1.54, 1.807) is 36.5 Å². The highest BCUT2D eigenvalue weighted by atomic mass is 32.2. The zero-order chi connectivity index (χ0) is 15.1. The van der Waals surface area contributed by atoms with Crippen molar-refractivity contribution >= 4 is 10.0 Å². The Morgan fingerprint density at radius 2 is 1.80 bits per heavy atom. The predicted octanol–water partition coefficient (Wildman–Crippen LogP) is 0.557. The van der Waals surface area contributed by atoms with Crippen molar-refractivity contribution in [1.82, 2.24) is 24.3 Å². The van der Waals surface area contributed by atoms with Crippen LogP contribution in [0.15, 0.2) is 11.1 Å². The van der Waals surface area contributed by atoms with E-state index in [4.69, 9.17) is 0 Å². The first-order valence-corrected chi connectivity index (χ1v) is 7.69. The van der Waals surface area contributed by atoms with Crippen molar-refractivity contribution in [2.45, 2.75) is 32.2 Å². The molecular weight excluding hydrogens is 278 g/mol. The van der Waals surface area contributed by atoms with E-state index in [0.29, 0.717) is 11.4 Å². The average Bonchev–Trinajstić information content (AvgIpc) is 2.80. The molecule has 2 aromatic heterocycles. The van der Waals surface area contributed by atoms with Crippen molar-refractivity contribution in [3.63, 3.8) is 0 Å². The first-order chi connectivity index (χ1) is 9.24. The Morgan fingerprint density at radius 1 is 1.15 bits per heavy atom. The number of sulfonamides is 1. The number of nitrogens with zero attached hydrogens (tertiary/aromatic N) is 4. The summed E-state index contributed by atoms with van der Waals surface area (Å²) in [5.74, 6) is 0. The van der Waals surface area contributed by atoms with E-state index in [1.807, 2.05) is 14.0 Å². The SMILES string of the molecule is Cc1nn(C)c(C)c1S(=O)(=O)NCc1cnn(C)c1C.